The molecule has 0 atom stereocenters. The summed E-state index contributed by atoms with van der Waals surface area (Å²) in [7, 11) is 0. The Morgan fingerprint density at radius 2 is 1.79 bits per heavy atom. The van der Waals surface area contributed by atoms with Gasteiger partial charge in [-0.05, 0) is 27.7 Å². The molecule has 1 rings (SSSR count). The summed E-state index contributed by atoms with van der Waals surface area (Å²) in [6, 6.07) is 2.88. The van der Waals surface area contributed by atoms with E-state index in [2.05, 4.69) is 38.1 Å². The van der Waals surface area contributed by atoms with Gasteiger partial charge in [-0.25, -0.2) is 0 Å². The summed E-state index contributed by atoms with van der Waals surface area (Å²) >= 11 is 0. The average Bonchev–Trinajstić information content (AvgIpc) is 2.55. The van der Waals surface area contributed by atoms with Gasteiger partial charge in [-0.2, -0.15) is 5.10 Å². The molecular formula is C11H23N3. The van der Waals surface area contributed by atoms with Gasteiger partial charge in [0.2, 0.25) is 0 Å². The summed E-state index contributed by atoms with van der Waals surface area (Å²) in [5, 5.41) is 7.60. The van der Waals surface area contributed by atoms with E-state index < -0.39 is 0 Å². The lowest BCUT2D eigenvalue weighted by atomic mass is 10.4. The first-order valence-corrected chi connectivity index (χ1v) is 5.41. The van der Waals surface area contributed by atoms with Crippen molar-refractivity contribution in [3.63, 3.8) is 0 Å². The minimum absolute atomic E-state index is 0.438. The maximum absolute atomic E-state index is 4.36. The molecular weight excluding hydrogens is 174 g/mol. The Morgan fingerprint density at radius 3 is 2.14 bits per heavy atom. The zero-order valence-corrected chi connectivity index (χ0v) is 10.2. The molecule has 0 radical (unpaired) electrons. The second-order valence-electron chi connectivity index (χ2n) is 3.57. The topological polar surface area (TPSA) is 29.9 Å². The third-order valence-corrected chi connectivity index (χ3v) is 1.57. The molecule has 82 valence electrons. The first-order valence-electron chi connectivity index (χ1n) is 5.41. The largest absolute Gasteiger partial charge is 0.366 e. The van der Waals surface area contributed by atoms with E-state index in [1.807, 2.05) is 30.8 Å². The molecule has 0 bridgehead atoms. The summed E-state index contributed by atoms with van der Waals surface area (Å²) in [5.74, 6) is 0.957. The smallest absolute Gasteiger partial charge is 0.148 e. The molecule has 3 heteroatoms. The fraction of sp³-hybridized carbons (Fsp3) is 0.727. The van der Waals surface area contributed by atoms with E-state index in [9.17, 15) is 0 Å². The number of hydrogen-bond donors (Lipinski definition) is 1. The highest BCUT2D eigenvalue weighted by molar-refractivity contribution is 5.32. The Hall–Kier alpha value is -0.990. The Bertz CT molecular complexity index is 238. The van der Waals surface area contributed by atoms with E-state index in [1.54, 1.807) is 0 Å². The van der Waals surface area contributed by atoms with E-state index >= 15 is 0 Å². The van der Waals surface area contributed by atoms with E-state index in [-0.39, 0.29) is 0 Å². The van der Waals surface area contributed by atoms with Crippen LogP contribution in [0.1, 0.15) is 47.6 Å². The van der Waals surface area contributed by atoms with Crippen molar-refractivity contribution in [2.24, 2.45) is 0 Å². The maximum Gasteiger partial charge on any atom is 0.148 e. The fourth-order valence-corrected chi connectivity index (χ4v) is 0.998. The number of nitrogens with zero attached hydrogens (tertiary/aromatic N) is 2. The van der Waals surface area contributed by atoms with Gasteiger partial charge in [-0.1, -0.05) is 13.8 Å². The van der Waals surface area contributed by atoms with Gasteiger partial charge in [0.05, 0.1) is 0 Å². The van der Waals surface area contributed by atoms with Crippen LogP contribution < -0.4 is 5.32 Å². The summed E-state index contributed by atoms with van der Waals surface area (Å²) in [5.41, 5.74) is 0. The summed E-state index contributed by atoms with van der Waals surface area (Å²) in [6.45, 7) is 12.4. The van der Waals surface area contributed by atoms with Crippen LogP contribution in [-0.2, 0) is 0 Å². The third-order valence-electron chi connectivity index (χ3n) is 1.57. The molecule has 14 heavy (non-hydrogen) atoms. The maximum atomic E-state index is 4.36. The standard InChI is InChI=1S/C9H17N3.C2H6/c1-7(2)10-9-5-6-12(11-9)8(3)4;1-2/h5-8H,1-4H3,(H,10,11);1-2H3. The third kappa shape index (κ3) is 4.30. The number of anilines is 1. The van der Waals surface area contributed by atoms with Crippen molar-refractivity contribution in [3.05, 3.63) is 12.3 Å². The quantitative estimate of drug-likeness (QED) is 0.805. The average molecular weight is 197 g/mol. The van der Waals surface area contributed by atoms with Gasteiger partial charge in [0.15, 0.2) is 0 Å². The molecule has 1 aromatic heterocycles. The van der Waals surface area contributed by atoms with Crippen LogP contribution in [0.25, 0.3) is 0 Å². The molecule has 3 nitrogen and oxygen atoms in total. The SMILES string of the molecule is CC.CC(C)Nc1ccn(C(C)C)n1. The molecule has 1 N–H and O–H groups in total. The van der Waals surface area contributed by atoms with Crippen LogP contribution in [-0.4, -0.2) is 15.8 Å². The molecule has 0 amide bonds. The molecule has 1 aromatic rings. The van der Waals surface area contributed by atoms with Crippen molar-refractivity contribution in [3.8, 4) is 0 Å². The normalized spacial score (nSPS) is 10.0. The minimum atomic E-state index is 0.438. The molecule has 0 fully saturated rings. The van der Waals surface area contributed by atoms with E-state index in [1.165, 1.54) is 0 Å². The molecule has 0 aliphatic carbocycles. The minimum Gasteiger partial charge on any atom is -0.366 e. The predicted octanol–water partition coefficient (Wildman–Crippen LogP) is 3.31. The zero-order chi connectivity index (χ0) is 11.1. The Labute approximate surface area is 87.5 Å². The van der Waals surface area contributed by atoms with Crippen LogP contribution in [0.5, 0.6) is 0 Å². The van der Waals surface area contributed by atoms with Crippen molar-refractivity contribution in [1.29, 1.82) is 0 Å². The number of rotatable bonds is 3. The number of hydrogen-bond acceptors (Lipinski definition) is 2. The summed E-state index contributed by atoms with van der Waals surface area (Å²) in [4.78, 5) is 0. The highest BCUT2D eigenvalue weighted by atomic mass is 15.3. The number of aromatic nitrogens is 2. The van der Waals surface area contributed by atoms with Gasteiger partial charge < -0.3 is 5.32 Å². The van der Waals surface area contributed by atoms with Gasteiger partial charge in [0.25, 0.3) is 0 Å². The van der Waals surface area contributed by atoms with Gasteiger partial charge in [-0.3, -0.25) is 4.68 Å². The number of nitrogens with one attached hydrogen (secondary N) is 1. The first-order chi connectivity index (χ1) is 6.59. The lowest BCUT2D eigenvalue weighted by Gasteiger charge is -2.07. The van der Waals surface area contributed by atoms with Crippen molar-refractivity contribution < 1.29 is 0 Å². The van der Waals surface area contributed by atoms with E-state index in [4.69, 9.17) is 0 Å². The van der Waals surface area contributed by atoms with Crippen LogP contribution in [0, 0.1) is 0 Å². The van der Waals surface area contributed by atoms with Crippen molar-refractivity contribution >= 4 is 5.82 Å². The van der Waals surface area contributed by atoms with E-state index in [0.717, 1.165) is 5.82 Å². The van der Waals surface area contributed by atoms with Crippen LogP contribution in [0.15, 0.2) is 12.3 Å². The fourth-order valence-electron chi connectivity index (χ4n) is 0.998. The van der Waals surface area contributed by atoms with Crippen LogP contribution in [0.4, 0.5) is 5.82 Å². The van der Waals surface area contributed by atoms with Crippen LogP contribution in [0.2, 0.25) is 0 Å². The first kappa shape index (κ1) is 13.0. The molecule has 0 unspecified atom stereocenters. The lowest BCUT2D eigenvalue weighted by molar-refractivity contribution is 0.533. The molecule has 0 spiro atoms. The zero-order valence-electron chi connectivity index (χ0n) is 10.2. The van der Waals surface area contributed by atoms with Gasteiger partial charge >= 0.3 is 0 Å². The van der Waals surface area contributed by atoms with Gasteiger partial charge in [0.1, 0.15) is 5.82 Å². The highest BCUT2D eigenvalue weighted by Gasteiger charge is 2.01. The van der Waals surface area contributed by atoms with Gasteiger partial charge in [-0.15, -0.1) is 0 Å². The van der Waals surface area contributed by atoms with E-state index in [0.29, 0.717) is 12.1 Å². The lowest BCUT2D eigenvalue weighted by Crippen LogP contribution is -2.11. The highest BCUT2D eigenvalue weighted by Crippen LogP contribution is 2.08. The summed E-state index contributed by atoms with van der Waals surface area (Å²) < 4.78 is 1.95. The second kappa shape index (κ2) is 6.46. The predicted molar refractivity (Wildman–Crippen MR) is 62.7 cm³/mol. The van der Waals surface area contributed by atoms with Crippen molar-refractivity contribution in [2.75, 3.05) is 5.32 Å². The molecule has 0 saturated heterocycles. The van der Waals surface area contributed by atoms with Gasteiger partial charge in [0, 0.05) is 24.3 Å². The van der Waals surface area contributed by atoms with Crippen LogP contribution in [0.3, 0.4) is 0 Å². The van der Waals surface area contributed by atoms with Crippen molar-refractivity contribution in [1.82, 2.24) is 9.78 Å². The molecule has 0 aromatic carbocycles. The monoisotopic (exact) mass is 197 g/mol. The molecule has 0 aliphatic rings. The van der Waals surface area contributed by atoms with Crippen LogP contribution >= 0.6 is 0 Å². The Morgan fingerprint density at radius 1 is 1.21 bits per heavy atom. The second-order valence-corrected chi connectivity index (χ2v) is 3.57. The Kier molecular flexibility index (Phi) is 6.00. The Balaban J connectivity index is 0.000000791. The molecule has 0 saturated carbocycles. The molecule has 1 heterocycles. The van der Waals surface area contributed by atoms with Crippen molar-refractivity contribution in [2.45, 2.75) is 53.6 Å². The summed E-state index contributed by atoms with van der Waals surface area (Å²) in [6.07, 6.45) is 2.00. The molecule has 0 aliphatic heterocycles.